The van der Waals surface area contributed by atoms with E-state index in [1.807, 2.05) is 19.2 Å². The molecule has 1 aromatic rings. The molecule has 1 aliphatic rings. The summed E-state index contributed by atoms with van der Waals surface area (Å²) in [6, 6.07) is 8.19. The van der Waals surface area contributed by atoms with E-state index in [9.17, 15) is 0 Å². The number of benzene rings is 1. The Morgan fingerprint density at radius 1 is 1.27 bits per heavy atom. The second kappa shape index (κ2) is 12.4. The Morgan fingerprint density at radius 3 is 2.62 bits per heavy atom. The van der Waals surface area contributed by atoms with Crippen LogP contribution in [0.5, 0.6) is 5.75 Å². The minimum atomic E-state index is 0. The molecule has 0 radical (unpaired) electrons. The van der Waals surface area contributed by atoms with E-state index >= 15 is 0 Å². The summed E-state index contributed by atoms with van der Waals surface area (Å²) in [5.41, 5.74) is 1.22. The fraction of sp³-hybridized carbons (Fsp3) is 0.650. The highest BCUT2D eigenvalue weighted by molar-refractivity contribution is 14.0. The highest BCUT2D eigenvalue weighted by Gasteiger charge is 2.25. The van der Waals surface area contributed by atoms with Gasteiger partial charge in [-0.25, -0.2) is 0 Å². The molecule has 148 valence electrons. The molecule has 1 N–H and O–H groups in total. The first-order valence-electron chi connectivity index (χ1n) is 9.28. The Morgan fingerprint density at radius 2 is 2.00 bits per heavy atom. The van der Waals surface area contributed by atoms with Gasteiger partial charge in [0, 0.05) is 33.8 Å². The summed E-state index contributed by atoms with van der Waals surface area (Å²) in [4.78, 5) is 6.84. The van der Waals surface area contributed by atoms with Crippen LogP contribution in [0.1, 0.15) is 32.3 Å². The third-order valence-corrected chi connectivity index (χ3v) is 4.53. The highest BCUT2D eigenvalue weighted by atomic mass is 127. The second-order valence-corrected chi connectivity index (χ2v) is 7.12. The Bertz CT molecular complexity index is 534. The van der Waals surface area contributed by atoms with E-state index in [0.29, 0.717) is 13.2 Å². The number of nitrogens with one attached hydrogen (secondary N) is 1. The Balaban J connectivity index is 0.00000338. The first-order chi connectivity index (χ1) is 12.1. The number of rotatable bonds is 8. The Kier molecular flexibility index (Phi) is 11.0. The number of ether oxygens (including phenoxy) is 2. The van der Waals surface area contributed by atoms with Crippen molar-refractivity contribution in [2.45, 2.75) is 33.2 Å². The summed E-state index contributed by atoms with van der Waals surface area (Å²) in [6.45, 7) is 8.78. The number of likely N-dealkylation sites (tertiary alicyclic amines) is 1. The van der Waals surface area contributed by atoms with E-state index in [1.54, 1.807) is 7.11 Å². The number of hydrogen-bond acceptors (Lipinski definition) is 3. The molecule has 1 heterocycles. The molecule has 0 amide bonds. The van der Waals surface area contributed by atoms with Crippen molar-refractivity contribution in [2.75, 3.05) is 40.5 Å². The molecule has 0 aliphatic carbocycles. The maximum atomic E-state index is 5.60. The van der Waals surface area contributed by atoms with E-state index < -0.39 is 0 Å². The van der Waals surface area contributed by atoms with E-state index in [2.05, 4.69) is 41.2 Å². The average molecular weight is 475 g/mol. The molecule has 1 fully saturated rings. The molecule has 1 saturated heterocycles. The van der Waals surface area contributed by atoms with E-state index in [-0.39, 0.29) is 24.0 Å². The topological polar surface area (TPSA) is 46.1 Å². The fourth-order valence-electron chi connectivity index (χ4n) is 3.34. The molecule has 2 rings (SSSR count). The minimum absolute atomic E-state index is 0. The third-order valence-electron chi connectivity index (χ3n) is 4.53. The van der Waals surface area contributed by atoms with Crippen LogP contribution in [0.2, 0.25) is 0 Å². The normalized spacial score (nSPS) is 17.3. The summed E-state index contributed by atoms with van der Waals surface area (Å²) in [5.74, 6) is 3.44. The molecule has 0 bridgehead atoms. The van der Waals surface area contributed by atoms with Crippen molar-refractivity contribution in [1.29, 1.82) is 0 Å². The number of aliphatic imine (C=N–C) groups is 1. The zero-order valence-corrected chi connectivity index (χ0v) is 18.9. The lowest BCUT2D eigenvalue weighted by Crippen LogP contribution is -2.39. The molecular weight excluding hydrogens is 441 g/mol. The lowest BCUT2D eigenvalue weighted by atomic mass is 9.97. The van der Waals surface area contributed by atoms with Crippen LogP contribution in [0.15, 0.2) is 29.3 Å². The van der Waals surface area contributed by atoms with Crippen molar-refractivity contribution < 1.29 is 9.47 Å². The number of hydrogen-bond donors (Lipinski definition) is 1. The van der Waals surface area contributed by atoms with Gasteiger partial charge < -0.3 is 19.7 Å². The lowest BCUT2D eigenvalue weighted by Gasteiger charge is -2.22. The van der Waals surface area contributed by atoms with Gasteiger partial charge in [-0.05, 0) is 42.4 Å². The minimum Gasteiger partial charge on any atom is -0.491 e. The number of guanidine groups is 1. The summed E-state index contributed by atoms with van der Waals surface area (Å²) in [6.07, 6.45) is 2.57. The summed E-state index contributed by atoms with van der Waals surface area (Å²) in [5, 5.41) is 3.49. The Labute approximate surface area is 175 Å². The van der Waals surface area contributed by atoms with Crippen LogP contribution in [0.25, 0.3) is 0 Å². The molecule has 1 aromatic carbocycles. The molecule has 5 nitrogen and oxygen atoms in total. The van der Waals surface area contributed by atoms with Crippen LogP contribution in [0, 0.1) is 11.8 Å². The molecular formula is C20H34IN3O2. The van der Waals surface area contributed by atoms with Crippen molar-refractivity contribution in [1.82, 2.24) is 10.2 Å². The van der Waals surface area contributed by atoms with Gasteiger partial charge in [-0.2, -0.15) is 0 Å². The predicted octanol–water partition coefficient (Wildman–Crippen LogP) is 3.77. The third kappa shape index (κ3) is 7.70. The number of methoxy groups -OCH3 is 1. The van der Waals surface area contributed by atoms with Crippen LogP contribution in [-0.2, 0) is 11.3 Å². The summed E-state index contributed by atoms with van der Waals surface area (Å²) >= 11 is 0. The van der Waals surface area contributed by atoms with Crippen LogP contribution < -0.4 is 10.1 Å². The standard InChI is InChI=1S/C20H33N3O2.HI/c1-16(2)13-18-9-10-23(15-18)20(21-3)22-14-17-5-7-19(8-6-17)25-12-11-24-4;/h5-8,16,18H,9-15H2,1-4H3,(H,21,22);1H. The fourth-order valence-corrected chi connectivity index (χ4v) is 3.34. The van der Waals surface area contributed by atoms with Crippen LogP contribution in [0.4, 0.5) is 0 Å². The van der Waals surface area contributed by atoms with Gasteiger partial charge in [-0.1, -0.05) is 26.0 Å². The molecule has 1 unspecified atom stereocenters. The summed E-state index contributed by atoms with van der Waals surface area (Å²) < 4.78 is 10.6. The van der Waals surface area contributed by atoms with Gasteiger partial charge in [0.25, 0.3) is 0 Å². The zero-order chi connectivity index (χ0) is 18.1. The molecule has 26 heavy (non-hydrogen) atoms. The highest BCUT2D eigenvalue weighted by Crippen LogP contribution is 2.23. The Hall–Kier alpha value is -1.02. The largest absolute Gasteiger partial charge is 0.491 e. The van der Waals surface area contributed by atoms with Gasteiger partial charge in [-0.15, -0.1) is 24.0 Å². The second-order valence-electron chi connectivity index (χ2n) is 7.12. The van der Waals surface area contributed by atoms with Gasteiger partial charge in [-0.3, -0.25) is 4.99 Å². The molecule has 1 aliphatic heterocycles. The lowest BCUT2D eigenvalue weighted by molar-refractivity contribution is 0.146. The maximum Gasteiger partial charge on any atom is 0.193 e. The number of nitrogens with zero attached hydrogens (tertiary/aromatic N) is 2. The van der Waals surface area contributed by atoms with Crippen molar-refractivity contribution in [3.05, 3.63) is 29.8 Å². The summed E-state index contributed by atoms with van der Waals surface area (Å²) in [7, 11) is 3.54. The number of halogens is 1. The molecule has 0 aromatic heterocycles. The SMILES string of the molecule is CN=C(NCc1ccc(OCCOC)cc1)N1CCC(CC(C)C)C1.I. The molecule has 1 atom stereocenters. The van der Waals surface area contributed by atoms with Crippen LogP contribution in [-0.4, -0.2) is 51.3 Å². The first-order valence-corrected chi connectivity index (χ1v) is 9.28. The van der Waals surface area contributed by atoms with E-state index in [1.165, 1.54) is 18.4 Å². The van der Waals surface area contributed by atoms with Gasteiger partial charge in [0.15, 0.2) is 5.96 Å². The van der Waals surface area contributed by atoms with Gasteiger partial charge >= 0.3 is 0 Å². The van der Waals surface area contributed by atoms with Crippen molar-refractivity contribution >= 4 is 29.9 Å². The predicted molar refractivity (Wildman–Crippen MR) is 119 cm³/mol. The average Bonchev–Trinajstić information content (AvgIpc) is 3.04. The maximum absolute atomic E-state index is 5.60. The van der Waals surface area contributed by atoms with Crippen molar-refractivity contribution in [2.24, 2.45) is 16.8 Å². The van der Waals surface area contributed by atoms with Crippen LogP contribution in [0.3, 0.4) is 0 Å². The monoisotopic (exact) mass is 475 g/mol. The molecule has 0 spiro atoms. The smallest absolute Gasteiger partial charge is 0.193 e. The van der Waals surface area contributed by atoms with Crippen molar-refractivity contribution in [3.63, 3.8) is 0 Å². The van der Waals surface area contributed by atoms with Crippen molar-refractivity contribution in [3.8, 4) is 5.75 Å². The van der Waals surface area contributed by atoms with Gasteiger partial charge in [0.05, 0.1) is 6.61 Å². The van der Waals surface area contributed by atoms with Gasteiger partial charge in [0.1, 0.15) is 12.4 Å². The van der Waals surface area contributed by atoms with Crippen LogP contribution >= 0.6 is 24.0 Å². The van der Waals surface area contributed by atoms with E-state index in [4.69, 9.17) is 9.47 Å². The quantitative estimate of drug-likeness (QED) is 0.269. The first kappa shape index (κ1) is 23.0. The molecule has 0 saturated carbocycles. The van der Waals surface area contributed by atoms with E-state index in [0.717, 1.165) is 43.2 Å². The molecule has 6 heteroatoms. The zero-order valence-electron chi connectivity index (χ0n) is 16.5. The van der Waals surface area contributed by atoms with Gasteiger partial charge in [0.2, 0.25) is 0 Å².